The van der Waals surface area contributed by atoms with Gasteiger partial charge in [-0.2, -0.15) is 5.10 Å². The van der Waals surface area contributed by atoms with Crippen molar-refractivity contribution in [1.29, 1.82) is 0 Å². The van der Waals surface area contributed by atoms with Gasteiger partial charge in [0.1, 0.15) is 12.4 Å². The molecular weight excluding hydrogens is 311 g/mol. The Morgan fingerprint density at radius 2 is 2.08 bits per heavy atom. The number of nitrogens with zero attached hydrogens (tertiary/aromatic N) is 2. The van der Waals surface area contributed by atoms with E-state index in [1.807, 2.05) is 20.8 Å². The van der Waals surface area contributed by atoms with Crippen LogP contribution in [0.3, 0.4) is 0 Å². The van der Waals surface area contributed by atoms with Gasteiger partial charge in [0.25, 0.3) is 5.56 Å². The lowest BCUT2D eigenvalue weighted by atomic mass is 9.93. The van der Waals surface area contributed by atoms with Crippen LogP contribution in [0.1, 0.15) is 37.9 Å². The van der Waals surface area contributed by atoms with Crippen LogP contribution in [0.5, 0.6) is 0 Å². The summed E-state index contributed by atoms with van der Waals surface area (Å²) in [4.78, 5) is 24.2. The third-order valence-corrected chi connectivity index (χ3v) is 3.80. The summed E-state index contributed by atoms with van der Waals surface area (Å²) >= 11 is 0. The van der Waals surface area contributed by atoms with Gasteiger partial charge in [0, 0.05) is 11.1 Å². The second-order valence-electron chi connectivity index (χ2n) is 5.80. The summed E-state index contributed by atoms with van der Waals surface area (Å²) in [6, 6.07) is 6.12. The minimum absolute atomic E-state index is 0.00179. The Morgan fingerprint density at radius 3 is 2.62 bits per heavy atom. The van der Waals surface area contributed by atoms with Crippen molar-refractivity contribution in [2.75, 3.05) is 7.11 Å². The van der Waals surface area contributed by atoms with Crippen LogP contribution in [-0.2, 0) is 22.5 Å². The minimum atomic E-state index is -0.542. The van der Waals surface area contributed by atoms with Crippen molar-refractivity contribution in [2.45, 2.75) is 39.7 Å². The summed E-state index contributed by atoms with van der Waals surface area (Å²) in [6.45, 7) is 5.49. The molecule has 0 saturated heterocycles. The van der Waals surface area contributed by atoms with Crippen LogP contribution in [0, 0.1) is 5.82 Å². The summed E-state index contributed by atoms with van der Waals surface area (Å²) in [6.07, 6.45) is 0.452. The van der Waals surface area contributed by atoms with Crippen LogP contribution in [0.15, 0.2) is 29.1 Å². The highest BCUT2D eigenvalue weighted by Gasteiger charge is 2.21. The molecule has 0 aliphatic heterocycles. The van der Waals surface area contributed by atoms with Gasteiger partial charge in [0.05, 0.1) is 12.8 Å². The topological polar surface area (TPSA) is 61.2 Å². The van der Waals surface area contributed by atoms with Gasteiger partial charge < -0.3 is 4.74 Å². The van der Waals surface area contributed by atoms with E-state index in [2.05, 4.69) is 9.84 Å². The molecule has 0 unspecified atom stereocenters. The third-order valence-electron chi connectivity index (χ3n) is 3.80. The van der Waals surface area contributed by atoms with E-state index in [1.165, 1.54) is 19.2 Å². The van der Waals surface area contributed by atoms with E-state index < -0.39 is 5.97 Å². The fourth-order valence-electron chi connectivity index (χ4n) is 2.64. The van der Waals surface area contributed by atoms with Crippen molar-refractivity contribution in [2.24, 2.45) is 0 Å². The molecule has 128 valence electrons. The molecular formula is C18H21FN2O3. The van der Waals surface area contributed by atoms with Crippen molar-refractivity contribution in [3.63, 3.8) is 0 Å². The zero-order valence-electron chi connectivity index (χ0n) is 14.3. The molecule has 0 radical (unpaired) electrons. The highest BCUT2D eigenvalue weighted by Crippen LogP contribution is 2.30. The van der Waals surface area contributed by atoms with Gasteiger partial charge in [-0.15, -0.1) is 0 Å². The van der Waals surface area contributed by atoms with Crippen LogP contribution in [0.2, 0.25) is 0 Å². The fraction of sp³-hybridized carbons (Fsp3) is 0.389. The number of aromatic nitrogens is 2. The third kappa shape index (κ3) is 3.53. The lowest BCUT2D eigenvalue weighted by Crippen LogP contribution is -2.32. The first-order valence-electron chi connectivity index (χ1n) is 7.85. The molecule has 0 aliphatic rings. The molecule has 2 rings (SSSR count). The molecule has 6 heteroatoms. The molecule has 0 N–H and O–H groups in total. The maximum Gasteiger partial charge on any atom is 0.327 e. The van der Waals surface area contributed by atoms with Crippen molar-refractivity contribution >= 4 is 5.97 Å². The molecule has 1 aromatic carbocycles. The first-order valence-corrected chi connectivity index (χ1v) is 7.85. The summed E-state index contributed by atoms with van der Waals surface area (Å²) in [5.41, 5.74) is 2.08. The predicted octanol–water partition coefficient (Wildman–Crippen LogP) is 2.91. The van der Waals surface area contributed by atoms with E-state index in [1.54, 1.807) is 12.1 Å². The van der Waals surface area contributed by atoms with Crippen LogP contribution in [-0.4, -0.2) is 22.9 Å². The van der Waals surface area contributed by atoms with Crippen LogP contribution < -0.4 is 5.56 Å². The van der Waals surface area contributed by atoms with Gasteiger partial charge >= 0.3 is 5.97 Å². The highest BCUT2D eigenvalue weighted by atomic mass is 19.1. The first kappa shape index (κ1) is 17.8. The van der Waals surface area contributed by atoms with Crippen molar-refractivity contribution in [1.82, 2.24) is 9.78 Å². The number of methoxy groups -OCH3 is 1. The average Bonchev–Trinajstić information content (AvgIpc) is 2.55. The SMILES string of the molecule is CCc1c(-c2cccc(F)c2)c(C(C)C)nn(CC(=O)OC)c1=O. The maximum atomic E-state index is 13.7. The number of carbonyl (C=O) groups excluding carboxylic acids is 1. The largest absolute Gasteiger partial charge is 0.468 e. The Bertz CT molecular complexity index is 812. The predicted molar refractivity (Wildman–Crippen MR) is 89.4 cm³/mol. The number of esters is 1. The van der Waals surface area contributed by atoms with Crippen LogP contribution >= 0.6 is 0 Å². The number of ether oxygens (including phenoxy) is 1. The maximum absolute atomic E-state index is 13.7. The number of hydrogen-bond donors (Lipinski definition) is 0. The molecule has 1 heterocycles. The highest BCUT2D eigenvalue weighted by molar-refractivity contribution is 5.71. The van der Waals surface area contributed by atoms with E-state index in [-0.39, 0.29) is 23.8 Å². The molecule has 24 heavy (non-hydrogen) atoms. The average molecular weight is 332 g/mol. The lowest BCUT2D eigenvalue weighted by molar-refractivity contribution is -0.141. The van der Waals surface area contributed by atoms with Gasteiger partial charge in [-0.1, -0.05) is 32.9 Å². The Balaban J connectivity index is 2.76. The smallest absolute Gasteiger partial charge is 0.327 e. The van der Waals surface area contributed by atoms with Crippen LogP contribution in [0.4, 0.5) is 4.39 Å². The quantitative estimate of drug-likeness (QED) is 0.790. The summed E-state index contributed by atoms with van der Waals surface area (Å²) < 4.78 is 19.4. The van der Waals surface area contributed by atoms with E-state index in [9.17, 15) is 14.0 Å². The monoisotopic (exact) mass is 332 g/mol. The Kier molecular flexibility index (Phi) is 5.49. The molecule has 0 atom stereocenters. The number of benzene rings is 1. The van der Waals surface area contributed by atoms with Crippen molar-refractivity contribution in [3.05, 3.63) is 51.7 Å². The first-order chi connectivity index (χ1) is 11.4. The summed E-state index contributed by atoms with van der Waals surface area (Å²) in [7, 11) is 1.26. The molecule has 0 bridgehead atoms. The van der Waals surface area contributed by atoms with Crippen molar-refractivity contribution < 1.29 is 13.9 Å². The van der Waals surface area contributed by atoms with E-state index in [4.69, 9.17) is 0 Å². The molecule has 1 aromatic heterocycles. The Labute approximate surface area is 140 Å². The summed E-state index contributed by atoms with van der Waals surface area (Å²) in [5, 5.41) is 4.36. The molecule has 5 nitrogen and oxygen atoms in total. The molecule has 0 aliphatic carbocycles. The van der Waals surface area contributed by atoms with Crippen molar-refractivity contribution in [3.8, 4) is 11.1 Å². The van der Waals surface area contributed by atoms with Gasteiger partial charge in [0.2, 0.25) is 0 Å². The molecule has 0 saturated carbocycles. The molecule has 0 fully saturated rings. The second kappa shape index (κ2) is 7.38. The molecule has 0 spiro atoms. The Hall–Kier alpha value is -2.50. The number of halogens is 1. The lowest BCUT2D eigenvalue weighted by Gasteiger charge is -2.18. The van der Waals surface area contributed by atoms with E-state index in [0.29, 0.717) is 28.8 Å². The normalized spacial score (nSPS) is 10.9. The second-order valence-corrected chi connectivity index (χ2v) is 5.80. The summed E-state index contributed by atoms with van der Waals surface area (Å²) in [5.74, 6) is -0.916. The zero-order chi connectivity index (χ0) is 17.9. The molecule has 0 amide bonds. The van der Waals surface area contributed by atoms with Gasteiger partial charge in [-0.3, -0.25) is 9.59 Å². The van der Waals surface area contributed by atoms with Gasteiger partial charge in [-0.25, -0.2) is 9.07 Å². The minimum Gasteiger partial charge on any atom is -0.468 e. The van der Waals surface area contributed by atoms with E-state index >= 15 is 0 Å². The zero-order valence-corrected chi connectivity index (χ0v) is 14.3. The Morgan fingerprint density at radius 1 is 1.38 bits per heavy atom. The molecule has 2 aromatic rings. The standard InChI is InChI=1S/C18H21FN2O3/c1-5-14-16(12-7-6-8-13(19)9-12)17(11(2)3)20-21(18(14)23)10-15(22)24-4/h6-9,11H,5,10H2,1-4H3. The number of carbonyl (C=O) groups is 1. The van der Waals surface area contributed by atoms with Crippen LogP contribution in [0.25, 0.3) is 11.1 Å². The fourth-order valence-corrected chi connectivity index (χ4v) is 2.64. The van der Waals surface area contributed by atoms with E-state index in [0.717, 1.165) is 4.68 Å². The number of hydrogen-bond acceptors (Lipinski definition) is 4. The van der Waals surface area contributed by atoms with Gasteiger partial charge in [0.15, 0.2) is 0 Å². The van der Waals surface area contributed by atoms with Gasteiger partial charge in [-0.05, 0) is 30.0 Å². The number of rotatable bonds is 5.